The molecular weight excluding hydrogens is 258 g/mol. The number of benzene rings is 1. The van der Waals surface area contributed by atoms with Gasteiger partial charge in [-0.3, -0.25) is 0 Å². The molecule has 2 rings (SSSR count). The largest absolute Gasteiger partial charge is 0.497 e. The van der Waals surface area contributed by atoms with E-state index in [4.69, 9.17) is 9.84 Å². The second kappa shape index (κ2) is 6.01. The number of carboxylic acid groups (broad SMARTS) is 1. The van der Waals surface area contributed by atoms with Gasteiger partial charge in [0, 0.05) is 13.6 Å². The van der Waals surface area contributed by atoms with Gasteiger partial charge < -0.3 is 14.7 Å². The number of ether oxygens (including phenoxy) is 1. The lowest BCUT2D eigenvalue weighted by Gasteiger charge is -2.19. The molecule has 0 aliphatic carbocycles. The van der Waals surface area contributed by atoms with Gasteiger partial charge in [-0.1, -0.05) is 12.1 Å². The molecule has 0 saturated heterocycles. The minimum absolute atomic E-state index is 0.135. The standard InChI is InChI=1S/C14H15N3O3/c1-17(9-10-3-5-11(20-2)6-4-10)13-12(14(18)19)7-8-15-16-13/h3-8H,9H2,1-2H3,(H,18,19). The highest BCUT2D eigenvalue weighted by Gasteiger charge is 2.15. The van der Waals surface area contributed by atoms with Crippen LogP contribution < -0.4 is 9.64 Å². The normalized spacial score (nSPS) is 10.1. The average molecular weight is 273 g/mol. The van der Waals surface area contributed by atoms with Crippen LogP contribution in [0.4, 0.5) is 5.82 Å². The Kier molecular flexibility index (Phi) is 4.14. The summed E-state index contributed by atoms with van der Waals surface area (Å²) >= 11 is 0. The number of methoxy groups -OCH3 is 1. The average Bonchev–Trinajstić information content (AvgIpc) is 2.48. The Morgan fingerprint density at radius 1 is 1.30 bits per heavy atom. The van der Waals surface area contributed by atoms with Crippen LogP contribution in [-0.4, -0.2) is 35.4 Å². The first-order valence-corrected chi connectivity index (χ1v) is 6.01. The molecule has 0 aliphatic rings. The van der Waals surface area contributed by atoms with Crippen molar-refractivity contribution in [3.8, 4) is 5.75 Å². The van der Waals surface area contributed by atoms with E-state index >= 15 is 0 Å². The number of hydrogen-bond acceptors (Lipinski definition) is 5. The molecule has 0 bridgehead atoms. The molecule has 0 saturated carbocycles. The number of rotatable bonds is 5. The molecule has 1 heterocycles. The Morgan fingerprint density at radius 3 is 2.60 bits per heavy atom. The molecule has 1 N–H and O–H groups in total. The van der Waals surface area contributed by atoms with Crippen LogP contribution in [0, 0.1) is 0 Å². The van der Waals surface area contributed by atoms with Crippen LogP contribution >= 0.6 is 0 Å². The summed E-state index contributed by atoms with van der Waals surface area (Å²) in [4.78, 5) is 12.9. The maximum absolute atomic E-state index is 11.2. The summed E-state index contributed by atoms with van der Waals surface area (Å²) in [5.74, 6) is 0.106. The van der Waals surface area contributed by atoms with Crippen LogP contribution in [0.25, 0.3) is 0 Å². The van der Waals surface area contributed by atoms with Crippen molar-refractivity contribution in [2.45, 2.75) is 6.54 Å². The van der Waals surface area contributed by atoms with Gasteiger partial charge in [0.1, 0.15) is 11.3 Å². The highest BCUT2D eigenvalue weighted by atomic mass is 16.5. The molecule has 2 aromatic rings. The van der Waals surface area contributed by atoms with E-state index in [1.165, 1.54) is 12.3 Å². The summed E-state index contributed by atoms with van der Waals surface area (Å²) in [6.45, 7) is 0.531. The molecule has 1 aromatic heterocycles. The highest BCUT2D eigenvalue weighted by molar-refractivity contribution is 5.93. The second-order valence-corrected chi connectivity index (χ2v) is 4.28. The number of nitrogens with zero attached hydrogens (tertiary/aromatic N) is 3. The summed E-state index contributed by atoms with van der Waals surface area (Å²) in [5.41, 5.74) is 1.16. The maximum Gasteiger partial charge on any atom is 0.339 e. The number of hydrogen-bond donors (Lipinski definition) is 1. The predicted molar refractivity (Wildman–Crippen MR) is 74.1 cm³/mol. The van der Waals surface area contributed by atoms with Crippen molar-refractivity contribution in [1.29, 1.82) is 0 Å². The predicted octanol–water partition coefficient (Wildman–Crippen LogP) is 1.82. The van der Waals surface area contributed by atoms with Gasteiger partial charge in [0.05, 0.1) is 13.3 Å². The van der Waals surface area contributed by atoms with Crippen LogP contribution in [-0.2, 0) is 6.54 Å². The van der Waals surface area contributed by atoms with E-state index < -0.39 is 5.97 Å². The Balaban J connectivity index is 2.19. The summed E-state index contributed by atoms with van der Waals surface area (Å²) in [6, 6.07) is 9.00. The van der Waals surface area contributed by atoms with Gasteiger partial charge in [0.15, 0.2) is 5.82 Å². The van der Waals surface area contributed by atoms with Gasteiger partial charge >= 0.3 is 5.97 Å². The molecular formula is C14H15N3O3. The quantitative estimate of drug-likeness (QED) is 0.895. The molecule has 0 atom stereocenters. The number of carboxylic acids is 1. The van der Waals surface area contributed by atoms with E-state index in [-0.39, 0.29) is 5.56 Å². The minimum atomic E-state index is -1.02. The molecule has 104 valence electrons. The first kappa shape index (κ1) is 13.8. The van der Waals surface area contributed by atoms with Crippen molar-refractivity contribution >= 4 is 11.8 Å². The van der Waals surface area contributed by atoms with Crippen molar-refractivity contribution < 1.29 is 14.6 Å². The number of aromatic nitrogens is 2. The molecule has 0 radical (unpaired) electrons. The van der Waals surface area contributed by atoms with E-state index in [9.17, 15) is 4.79 Å². The van der Waals surface area contributed by atoms with Gasteiger partial charge in [0.25, 0.3) is 0 Å². The Hall–Kier alpha value is -2.63. The molecule has 0 spiro atoms. The smallest absolute Gasteiger partial charge is 0.339 e. The first-order valence-electron chi connectivity index (χ1n) is 6.01. The van der Waals surface area contributed by atoms with Crippen molar-refractivity contribution in [3.63, 3.8) is 0 Å². The van der Waals surface area contributed by atoms with E-state index in [1.54, 1.807) is 19.1 Å². The van der Waals surface area contributed by atoms with Crippen molar-refractivity contribution in [2.24, 2.45) is 0 Å². The van der Waals surface area contributed by atoms with Gasteiger partial charge in [-0.05, 0) is 23.8 Å². The molecule has 20 heavy (non-hydrogen) atoms. The Morgan fingerprint density at radius 2 is 2.00 bits per heavy atom. The summed E-state index contributed by atoms with van der Waals surface area (Å²) < 4.78 is 5.10. The highest BCUT2D eigenvalue weighted by Crippen LogP contribution is 2.18. The maximum atomic E-state index is 11.2. The molecule has 6 heteroatoms. The van der Waals surface area contributed by atoms with Crippen LogP contribution in [0.1, 0.15) is 15.9 Å². The Labute approximate surface area is 116 Å². The second-order valence-electron chi connectivity index (χ2n) is 4.28. The van der Waals surface area contributed by atoms with E-state index in [1.807, 2.05) is 24.3 Å². The molecule has 0 unspecified atom stereocenters. The number of aromatic carboxylic acids is 1. The fraction of sp³-hybridized carbons (Fsp3) is 0.214. The van der Waals surface area contributed by atoms with Crippen LogP contribution in [0.15, 0.2) is 36.5 Å². The molecule has 6 nitrogen and oxygen atoms in total. The van der Waals surface area contributed by atoms with E-state index in [0.29, 0.717) is 12.4 Å². The van der Waals surface area contributed by atoms with Gasteiger partial charge in [0.2, 0.25) is 0 Å². The third-order valence-electron chi connectivity index (χ3n) is 2.87. The molecule has 0 fully saturated rings. The lowest BCUT2D eigenvalue weighted by atomic mass is 10.2. The zero-order valence-corrected chi connectivity index (χ0v) is 11.3. The topological polar surface area (TPSA) is 75.5 Å². The number of anilines is 1. The molecule has 0 amide bonds. The van der Waals surface area contributed by atoms with Crippen LogP contribution in [0.2, 0.25) is 0 Å². The molecule has 1 aromatic carbocycles. The third kappa shape index (κ3) is 3.03. The lowest BCUT2D eigenvalue weighted by molar-refractivity contribution is 0.0697. The van der Waals surface area contributed by atoms with E-state index in [0.717, 1.165) is 11.3 Å². The summed E-state index contributed by atoms with van der Waals surface area (Å²) in [7, 11) is 3.39. The van der Waals surface area contributed by atoms with E-state index in [2.05, 4.69) is 10.2 Å². The first-order chi connectivity index (χ1) is 9.61. The van der Waals surface area contributed by atoms with Gasteiger partial charge in [-0.2, -0.15) is 5.10 Å². The third-order valence-corrected chi connectivity index (χ3v) is 2.87. The SMILES string of the molecule is COc1ccc(CN(C)c2nnccc2C(=O)O)cc1. The fourth-order valence-corrected chi connectivity index (χ4v) is 1.85. The van der Waals surface area contributed by atoms with Gasteiger partial charge in [-0.25, -0.2) is 4.79 Å². The lowest BCUT2D eigenvalue weighted by Crippen LogP contribution is -2.21. The summed E-state index contributed by atoms with van der Waals surface area (Å²) in [5, 5.41) is 16.8. The van der Waals surface area contributed by atoms with Crippen LogP contribution in [0.3, 0.4) is 0 Å². The summed E-state index contributed by atoms with van der Waals surface area (Å²) in [6.07, 6.45) is 1.37. The monoisotopic (exact) mass is 273 g/mol. The Bertz CT molecular complexity index is 599. The fourth-order valence-electron chi connectivity index (χ4n) is 1.85. The minimum Gasteiger partial charge on any atom is -0.497 e. The number of carbonyl (C=O) groups is 1. The van der Waals surface area contributed by atoms with Crippen molar-refractivity contribution in [3.05, 3.63) is 47.7 Å². The van der Waals surface area contributed by atoms with Gasteiger partial charge in [-0.15, -0.1) is 5.10 Å². The van der Waals surface area contributed by atoms with Crippen molar-refractivity contribution in [2.75, 3.05) is 19.1 Å². The van der Waals surface area contributed by atoms with Crippen LogP contribution in [0.5, 0.6) is 5.75 Å². The zero-order chi connectivity index (χ0) is 14.5. The molecule has 0 aliphatic heterocycles. The zero-order valence-electron chi connectivity index (χ0n) is 11.3. The van der Waals surface area contributed by atoms with Crippen molar-refractivity contribution in [1.82, 2.24) is 10.2 Å².